The summed E-state index contributed by atoms with van der Waals surface area (Å²) in [5, 5.41) is 9.43. The number of nitrogens with two attached hydrogens (primary N) is 1. The fourth-order valence-electron chi connectivity index (χ4n) is 1.10. The average molecular weight is 189 g/mol. The summed E-state index contributed by atoms with van der Waals surface area (Å²) in [7, 11) is 0. The van der Waals surface area contributed by atoms with Crippen LogP contribution in [0.1, 0.15) is 5.56 Å². The van der Waals surface area contributed by atoms with Gasteiger partial charge in [0.05, 0.1) is 0 Å². The van der Waals surface area contributed by atoms with Gasteiger partial charge >= 0.3 is 0 Å². The van der Waals surface area contributed by atoms with Gasteiger partial charge in [-0.25, -0.2) is 5.10 Å². The molecular weight excluding hydrogens is 178 g/mol. The molecule has 2 rings (SSSR count). The molecule has 0 radical (unpaired) electrons. The molecule has 2 aromatic rings. The predicted molar refractivity (Wildman–Crippen MR) is 55.3 cm³/mol. The molecule has 0 atom stereocenters. The Morgan fingerprint density at radius 3 is 2.57 bits per heavy atom. The van der Waals surface area contributed by atoms with E-state index in [2.05, 4.69) is 20.5 Å². The molecule has 14 heavy (non-hydrogen) atoms. The van der Waals surface area contributed by atoms with E-state index in [1.165, 1.54) is 5.56 Å². The second-order valence-corrected chi connectivity index (χ2v) is 3.04. The van der Waals surface area contributed by atoms with E-state index < -0.39 is 0 Å². The monoisotopic (exact) mass is 189 g/mol. The molecule has 1 heterocycles. The van der Waals surface area contributed by atoms with Gasteiger partial charge in [-0.2, -0.15) is 4.98 Å². The second kappa shape index (κ2) is 3.37. The fraction of sp³-hybridized carbons (Fsp3) is 0.111. The summed E-state index contributed by atoms with van der Waals surface area (Å²) < 4.78 is 0. The number of nitrogen functional groups attached to an aromatic ring is 1. The number of hydrogen-bond acceptors (Lipinski definition) is 4. The fourth-order valence-corrected chi connectivity index (χ4v) is 1.10. The van der Waals surface area contributed by atoms with Gasteiger partial charge in [0.1, 0.15) is 0 Å². The molecule has 72 valence electrons. The maximum absolute atomic E-state index is 5.39. The van der Waals surface area contributed by atoms with Crippen molar-refractivity contribution in [2.45, 2.75) is 6.92 Å². The van der Waals surface area contributed by atoms with Crippen LogP contribution >= 0.6 is 0 Å². The van der Waals surface area contributed by atoms with Crippen LogP contribution < -0.4 is 11.1 Å². The summed E-state index contributed by atoms with van der Waals surface area (Å²) >= 11 is 0. The molecule has 1 aromatic heterocycles. The summed E-state index contributed by atoms with van der Waals surface area (Å²) in [6.45, 7) is 2.04. The second-order valence-electron chi connectivity index (χ2n) is 3.04. The lowest BCUT2D eigenvalue weighted by Gasteiger charge is -2.00. The lowest BCUT2D eigenvalue weighted by Crippen LogP contribution is -1.92. The Morgan fingerprint density at radius 1 is 1.29 bits per heavy atom. The SMILES string of the molecule is Cc1ccc(Nc2n[nH]c(N)n2)cc1. The summed E-state index contributed by atoms with van der Waals surface area (Å²) in [6, 6.07) is 7.94. The molecule has 0 bridgehead atoms. The Morgan fingerprint density at radius 2 is 2.00 bits per heavy atom. The number of aromatic amines is 1. The lowest BCUT2D eigenvalue weighted by atomic mass is 10.2. The molecule has 0 aliphatic rings. The van der Waals surface area contributed by atoms with Gasteiger partial charge in [-0.1, -0.05) is 17.7 Å². The summed E-state index contributed by atoms with van der Waals surface area (Å²) in [5.41, 5.74) is 7.54. The van der Waals surface area contributed by atoms with Crippen molar-refractivity contribution in [2.75, 3.05) is 11.1 Å². The van der Waals surface area contributed by atoms with Crippen molar-refractivity contribution in [3.8, 4) is 0 Å². The molecule has 0 aliphatic heterocycles. The highest BCUT2D eigenvalue weighted by Gasteiger charge is 1.99. The van der Waals surface area contributed by atoms with Crippen LogP contribution in [0.3, 0.4) is 0 Å². The molecule has 5 nitrogen and oxygen atoms in total. The van der Waals surface area contributed by atoms with Crippen molar-refractivity contribution in [1.82, 2.24) is 15.2 Å². The van der Waals surface area contributed by atoms with Crippen LogP contribution in [-0.4, -0.2) is 15.2 Å². The molecule has 1 aromatic carbocycles. The number of rotatable bonds is 2. The smallest absolute Gasteiger partial charge is 0.248 e. The van der Waals surface area contributed by atoms with Crippen molar-refractivity contribution in [2.24, 2.45) is 0 Å². The average Bonchev–Trinajstić information content (AvgIpc) is 2.56. The molecule has 0 saturated heterocycles. The minimum atomic E-state index is 0.305. The number of hydrogen-bond donors (Lipinski definition) is 3. The molecule has 5 heteroatoms. The Kier molecular flexibility index (Phi) is 2.06. The highest BCUT2D eigenvalue weighted by Crippen LogP contribution is 2.13. The van der Waals surface area contributed by atoms with Crippen molar-refractivity contribution >= 4 is 17.6 Å². The van der Waals surface area contributed by atoms with Crippen LogP contribution in [0.15, 0.2) is 24.3 Å². The van der Waals surface area contributed by atoms with E-state index in [9.17, 15) is 0 Å². The Balaban J connectivity index is 2.15. The van der Waals surface area contributed by atoms with Crippen LogP contribution in [0.5, 0.6) is 0 Å². The number of anilines is 3. The molecule has 0 saturated carbocycles. The Bertz CT molecular complexity index is 417. The van der Waals surface area contributed by atoms with Gasteiger partial charge in [0.25, 0.3) is 0 Å². The first kappa shape index (κ1) is 8.55. The number of aromatic nitrogens is 3. The number of benzene rings is 1. The van der Waals surface area contributed by atoms with Gasteiger partial charge in [0.15, 0.2) is 0 Å². The van der Waals surface area contributed by atoms with Crippen LogP contribution in [0, 0.1) is 6.92 Å². The molecule has 0 aliphatic carbocycles. The standard InChI is InChI=1S/C9H11N5/c1-6-2-4-7(5-3-6)11-9-12-8(10)13-14-9/h2-5H,1H3,(H4,10,11,12,13,14). The summed E-state index contributed by atoms with van der Waals surface area (Å²) in [6.07, 6.45) is 0. The van der Waals surface area contributed by atoms with E-state index in [0.717, 1.165) is 5.69 Å². The topological polar surface area (TPSA) is 79.6 Å². The van der Waals surface area contributed by atoms with Crippen LogP contribution in [0.25, 0.3) is 0 Å². The predicted octanol–water partition coefficient (Wildman–Crippen LogP) is 1.44. The first-order valence-electron chi connectivity index (χ1n) is 4.25. The van der Waals surface area contributed by atoms with Crippen molar-refractivity contribution in [3.63, 3.8) is 0 Å². The third-order valence-corrected chi connectivity index (χ3v) is 1.81. The van der Waals surface area contributed by atoms with Gasteiger partial charge in [-0.05, 0) is 19.1 Å². The zero-order valence-electron chi connectivity index (χ0n) is 7.78. The molecule has 4 N–H and O–H groups in total. The highest BCUT2D eigenvalue weighted by molar-refractivity contribution is 5.53. The van der Waals surface area contributed by atoms with Gasteiger partial charge in [-0.15, -0.1) is 5.10 Å². The maximum Gasteiger partial charge on any atom is 0.248 e. The third kappa shape index (κ3) is 1.82. The minimum Gasteiger partial charge on any atom is -0.368 e. The van der Waals surface area contributed by atoms with Gasteiger partial charge in [-0.3, -0.25) is 0 Å². The molecule has 0 fully saturated rings. The van der Waals surface area contributed by atoms with E-state index >= 15 is 0 Å². The largest absolute Gasteiger partial charge is 0.368 e. The molecule has 0 spiro atoms. The lowest BCUT2D eigenvalue weighted by molar-refractivity contribution is 1.10. The zero-order valence-corrected chi connectivity index (χ0v) is 7.78. The number of H-pyrrole nitrogens is 1. The van der Waals surface area contributed by atoms with E-state index in [1.54, 1.807) is 0 Å². The Hall–Kier alpha value is -2.04. The highest BCUT2D eigenvalue weighted by atomic mass is 15.3. The summed E-state index contributed by atoms with van der Waals surface area (Å²) in [4.78, 5) is 3.93. The van der Waals surface area contributed by atoms with E-state index in [0.29, 0.717) is 11.9 Å². The van der Waals surface area contributed by atoms with Crippen LogP contribution in [0.4, 0.5) is 17.6 Å². The van der Waals surface area contributed by atoms with E-state index in [4.69, 9.17) is 5.73 Å². The maximum atomic E-state index is 5.39. The summed E-state index contributed by atoms with van der Waals surface area (Å²) in [5.74, 6) is 0.783. The number of nitrogens with zero attached hydrogens (tertiary/aromatic N) is 2. The number of aryl methyl sites for hydroxylation is 1. The first-order chi connectivity index (χ1) is 6.74. The quantitative estimate of drug-likeness (QED) is 0.667. The van der Waals surface area contributed by atoms with E-state index in [-0.39, 0.29) is 0 Å². The third-order valence-electron chi connectivity index (χ3n) is 1.81. The molecule has 0 unspecified atom stereocenters. The van der Waals surface area contributed by atoms with Gasteiger partial charge in [0, 0.05) is 5.69 Å². The Labute approximate surface area is 81.4 Å². The molecule has 0 amide bonds. The van der Waals surface area contributed by atoms with Crippen molar-refractivity contribution in [3.05, 3.63) is 29.8 Å². The van der Waals surface area contributed by atoms with Crippen LogP contribution in [0.2, 0.25) is 0 Å². The van der Waals surface area contributed by atoms with Gasteiger partial charge in [0.2, 0.25) is 11.9 Å². The van der Waals surface area contributed by atoms with Gasteiger partial charge < -0.3 is 11.1 Å². The normalized spacial score (nSPS) is 10.1. The first-order valence-corrected chi connectivity index (χ1v) is 4.25. The molecular formula is C9H11N5. The van der Waals surface area contributed by atoms with E-state index in [1.807, 2.05) is 31.2 Å². The van der Waals surface area contributed by atoms with Crippen molar-refractivity contribution < 1.29 is 0 Å². The minimum absolute atomic E-state index is 0.305. The zero-order chi connectivity index (χ0) is 9.97. The number of nitrogens with one attached hydrogen (secondary N) is 2. The van der Waals surface area contributed by atoms with Crippen molar-refractivity contribution in [1.29, 1.82) is 0 Å². The van der Waals surface area contributed by atoms with Crippen LogP contribution in [-0.2, 0) is 0 Å².